The molecular weight excluding hydrogens is 256 g/mol. The minimum atomic E-state index is 0.0661. The Morgan fingerprint density at radius 2 is 2.07 bits per heavy atom. The van der Waals surface area contributed by atoms with E-state index in [-0.39, 0.29) is 12.0 Å². The Labute approximate surface area is 96.6 Å². The molecule has 0 spiro atoms. The van der Waals surface area contributed by atoms with Crippen molar-refractivity contribution in [3.05, 3.63) is 28.6 Å². The van der Waals surface area contributed by atoms with Crippen LogP contribution in [0.5, 0.6) is 0 Å². The molecule has 80 valence electrons. The Morgan fingerprint density at radius 1 is 1.33 bits per heavy atom. The highest BCUT2D eigenvalue weighted by atomic mass is 79.9. The average Bonchev–Trinajstić information content (AvgIpc) is 2.59. The third kappa shape index (κ3) is 1.89. The molecule has 0 amide bonds. The number of hydrogen-bond acceptors (Lipinski definition) is 3. The van der Waals surface area contributed by atoms with Crippen LogP contribution < -0.4 is 5.73 Å². The second-order valence-electron chi connectivity index (χ2n) is 3.78. The Bertz CT molecular complexity index is 477. The molecule has 0 aliphatic rings. The van der Waals surface area contributed by atoms with Crippen molar-refractivity contribution in [1.29, 1.82) is 0 Å². The first-order valence-electron chi connectivity index (χ1n) is 4.85. The van der Waals surface area contributed by atoms with Gasteiger partial charge in [-0.2, -0.15) is 0 Å². The fourth-order valence-corrected chi connectivity index (χ4v) is 1.77. The molecule has 2 aromatic heterocycles. The zero-order valence-corrected chi connectivity index (χ0v) is 10.3. The van der Waals surface area contributed by atoms with Crippen LogP contribution in [0.4, 0.5) is 0 Å². The van der Waals surface area contributed by atoms with E-state index in [9.17, 15) is 0 Å². The summed E-state index contributed by atoms with van der Waals surface area (Å²) < 4.78 is 2.98. The van der Waals surface area contributed by atoms with Gasteiger partial charge in [-0.3, -0.25) is 4.40 Å². The molecule has 2 heterocycles. The number of halogens is 1. The fraction of sp³-hybridized carbons (Fsp3) is 0.400. The summed E-state index contributed by atoms with van der Waals surface area (Å²) in [5, 5.41) is 8.27. The second-order valence-corrected chi connectivity index (χ2v) is 4.70. The third-order valence-electron chi connectivity index (χ3n) is 2.59. The topological polar surface area (TPSA) is 56.2 Å². The van der Waals surface area contributed by atoms with Gasteiger partial charge < -0.3 is 5.73 Å². The summed E-state index contributed by atoms with van der Waals surface area (Å²) in [6.45, 7) is 4.03. The van der Waals surface area contributed by atoms with Crippen molar-refractivity contribution in [3.63, 3.8) is 0 Å². The lowest BCUT2D eigenvalue weighted by Gasteiger charge is -2.13. The van der Waals surface area contributed by atoms with Gasteiger partial charge in [-0.15, -0.1) is 10.2 Å². The number of nitrogens with zero attached hydrogens (tertiary/aromatic N) is 3. The van der Waals surface area contributed by atoms with Gasteiger partial charge in [0.05, 0.1) is 0 Å². The van der Waals surface area contributed by atoms with Crippen LogP contribution in [0.1, 0.15) is 25.6 Å². The summed E-state index contributed by atoms with van der Waals surface area (Å²) in [6.07, 6.45) is 1.96. The number of nitrogens with two attached hydrogens (primary N) is 1. The van der Waals surface area contributed by atoms with Gasteiger partial charge in [-0.25, -0.2) is 0 Å². The van der Waals surface area contributed by atoms with Crippen LogP contribution in [-0.4, -0.2) is 20.6 Å². The highest BCUT2D eigenvalue weighted by Gasteiger charge is 2.16. The molecule has 0 saturated heterocycles. The van der Waals surface area contributed by atoms with E-state index in [1.807, 2.05) is 29.7 Å². The quantitative estimate of drug-likeness (QED) is 0.906. The van der Waals surface area contributed by atoms with E-state index in [1.165, 1.54) is 0 Å². The van der Waals surface area contributed by atoms with Crippen LogP contribution in [0.15, 0.2) is 22.8 Å². The van der Waals surface area contributed by atoms with E-state index in [4.69, 9.17) is 5.73 Å². The Balaban J connectivity index is 2.56. The monoisotopic (exact) mass is 268 g/mol. The molecule has 2 aromatic rings. The van der Waals surface area contributed by atoms with Gasteiger partial charge in [0.15, 0.2) is 5.65 Å². The van der Waals surface area contributed by atoms with E-state index in [1.54, 1.807) is 0 Å². The minimum Gasteiger partial charge on any atom is -0.327 e. The summed E-state index contributed by atoms with van der Waals surface area (Å²) in [7, 11) is 0. The van der Waals surface area contributed by atoms with Gasteiger partial charge in [0.25, 0.3) is 0 Å². The lowest BCUT2D eigenvalue weighted by Crippen LogP contribution is -2.24. The summed E-state index contributed by atoms with van der Waals surface area (Å²) >= 11 is 3.43. The van der Waals surface area contributed by atoms with Crippen LogP contribution >= 0.6 is 15.9 Å². The highest BCUT2D eigenvalue weighted by molar-refractivity contribution is 9.10. The summed E-state index contributed by atoms with van der Waals surface area (Å²) in [4.78, 5) is 0. The second kappa shape index (κ2) is 3.90. The third-order valence-corrected chi connectivity index (χ3v) is 3.06. The Hall–Kier alpha value is -0.940. The standard InChI is InChI=1S/C10H13BrN4/c1-6(7(2)12)10-14-13-9-4-3-8(11)5-15(9)10/h3-7H,12H2,1-2H3. The molecule has 4 nitrogen and oxygen atoms in total. The van der Waals surface area contributed by atoms with Crippen molar-refractivity contribution in [3.8, 4) is 0 Å². The summed E-state index contributed by atoms with van der Waals surface area (Å²) in [6, 6.07) is 3.94. The maximum atomic E-state index is 5.86. The molecule has 2 N–H and O–H groups in total. The van der Waals surface area contributed by atoms with Crippen LogP contribution in [-0.2, 0) is 0 Å². The molecule has 15 heavy (non-hydrogen) atoms. The van der Waals surface area contributed by atoms with Crippen LogP contribution in [0.25, 0.3) is 5.65 Å². The molecule has 5 heteroatoms. The zero-order valence-electron chi connectivity index (χ0n) is 8.68. The number of rotatable bonds is 2. The molecule has 0 aromatic carbocycles. The van der Waals surface area contributed by atoms with Gasteiger partial charge in [0, 0.05) is 22.6 Å². The Morgan fingerprint density at radius 3 is 2.73 bits per heavy atom. The van der Waals surface area contributed by atoms with Crippen molar-refractivity contribution in [2.24, 2.45) is 5.73 Å². The van der Waals surface area contributed by atoms with Gasteiger partial charge in [0.2, 0.25) is 0 Å². The van der Waals surface area contributed by atoms with Crippen molar-refractivity contribution in [2.75, 3.05) is 0 Å². The zero-order chi connectivity index (χ0) is 11.0. The normalized spacial score (nSPS) is 15.5. The maximum absolute atomic E-state index is 5.86. The number of aromatic nitrogens is 3. The molecule has 0 aliphatic heterocycles. The first-order chi connectivity index (χ1) is 7.09. The first-order valence-corrected chi connectivity index (χ1v) is 5.64. The fourth-order valence-electron chi connectivity index (χ4n) is 1.43. The molecule has 2 unspecified atom stereocenters. The van der Waals surface area contributed by atoms with E-state index in [2.05, 4.69) is 33.1 Å². The largest absolute Gasteiger partial charge is 0.327 e. The van der Waals surface area contributed by atoms with E-state index in [0.717, 1.165) is 15.9 Å². The minimum absolute atomic E-state index is 0.0661. The van der Waals surface area contributed by atoms with Crippen molar-refractivity contribution in [2.45, 2.75) is 25.8 Å². The predicted molar refractivity (Wildman–Crippen MR) is 62.8 cm³/mol. The van der Waals surface area contributed by atoms with Gasteiger partial charge in [-0.1, -0.05) is 6.92 Å². The lowest BCUT2D eigenvalue weighted by atomic mass is 10.0. The van der Waals surface area contributed by atoms with Gasteiger partial charge in [-0.05, 0) is 35.0 Å². The maximum Gasteiger partial charge on any atom is 0.160 e. The molecule has 0 saturated carbocycles. The molecular formula is C10H13BrN4. The molecule has 2 atom stereocenters. The van der Waals surface area contributed by atoms with E-state index < -0.39 is 0 Å². The van der Waals surface area contributed by atoms with Crippen LogP contribution in [0.2, 0.25) is 0 Å². The van der Waals surface area contributed by atoms with Crippen molar-refractivity contribution in [1.82, 2.24) is 14.6 Å². The van der Waals surface area contributed by atoms with E-state index in [0.29, 0.717) is 0 Å². The molecule has 0 fully saturated rings. The molecule has 2 rings (SSSR count). The molecule has 0 radical (unpaired) electrons. The summed E-state index contributed by atoms with van der Waals surface area (Å²) in [5.74, 6) is 1.09. The Kier molecular flexibility index (Phi) is 2.75. The smallest absolute Gasteiger partial charge is 0.160 e. The highest BCUT2D eigenvalue weighted by Crippen LogP contribution is 2.19. The number of pyridine rings is 1. The van der Waals surface area contributed by atoms with Crippen LogP contribution in [0, 0.1) is 0 Å². The SMILES string of the molecule is CC(N)C(C)c1nnc2ccc(Br)cn12. The molecule has 0 aliphatic carbocycles. The first kappa shape index (κ1) is 10.6. The van der Waals surface area contributed by atoms with Crippen molar-refractivity contribution < 1.29 is 0 Å². The van der Waals surface area contributed by atoms with Gasteiger partial charge in [0.1, 0.15) is 5.82 Å². The van der Waals surface area contributed by atoms with E-state index >= 15 is 0 Å². The number of fused-ring (bicyclic) bond motifs is 1. The van der Waals surface area contributed by atoms with Crippen molar-refractivity contribution >= 4 is 21.6 Å². The summed E-state index contributed by atoms with van der Waals surface area (Å²) in [5.41, 5.74) is 6.71. The average molecular weight is 269 g/mol. The molecule has 0 bridgehead atoms. The van der Waals surface area contributed by atoms with Crippen LogP contribution in [0.3, 0.4) is 0 Å². The lowest BCUT2D eigenvalue weighted by molar-refractivity contribution is 0.575. The predicted octanol–water partition coefficient (Wildman–Crippen LogP) is 1.94. The number of hydrogen-bond donors (Lipinski definition) is 1. The van der Waals surface area contributed by atoms with Gasteiger partial charge >= 0.3 is 0 Å².